The Morgan fingerprint density at radius 3 is 2.83 bits per heavy atom. The molecule has 1 amide bonds. The summed E-state index contributed by atoms with van der Waals surface area (Å²) in [6, 6.07) is 8.21. The van der Waals surface area contributed by atoms with E-state index >= 15 is 0 Å². The number of hydrogen-bond donors (Lipinski definition) is 1. The molecule has 126 valence electrons. The SMILES string of the molecule is Cc1ccc(NC(=O)CSc2nnnn2[C@H]2C[C@@H]3CC[C@@H]2C3)cc1. The highest BCUT2D eigenvalue weighted by Crippen LogP contribution is 2.50. The normalized spacial score (nSPS) is 25.1. The largest absolute Gasteiger partial charge is 0.325 e. The van der Waals surface area contributed by atoms with Gasteiger partial charge in [-0.15, -0.1) is 5.10 Å². The Morgan fingerprint density at radius 2 is 2.12 bits per heavy atom. The van der Waals surface area contributed by atoms with Gasteiger partial charge in [-0.25, -0.2) is 4.68 Å². The van der Waals surface area contributed by atoms with E-state index in [0.717, 1.165) is 16.8 Å². The molecule has 0 spiro atoms. The van der Waals surface area contributed by atoms with Gasteiger partial charge in [0.25, 0.3) is 0 Å². The van der Waals surface area contributed by atoms with E-state index in [1.54, 1.807) is 0 Å². The van der Waals surface area contributed by atoms with E-state index in [1.165, 1.54) is 43.0 Å². The molecule has 2 fully saturated rings. The van der Waals surface area contributed by atoms with E-state index in [2.05, 4.69) is 20.8 Å². The van der Waals surface area contributed by atoms with Crippen LogP contribution in [0.2, 0.25) is 0 Å². The van der Waals surface area contributed by atoms with Crippen LogP contribution in [0, 0.1) is 18.8 Å². The van der Waals surface area contributed by atoms with E-state index < -0.39 is 0 Å². The Kier molecular flexibility index (Phi) is 4.26. The van der Waals surface area contributed by atoms with Gasteiger partial charge in [0.1, 0.15) is 0 Å². The lowest BCUT2D eigenvalue weighted by atomic mass is 9.96. The molecular weight excluding hydrogens is 322 g/mol. The van der Waals surface area contributed by atoms with E-state index in [0.29, 0.717) is 17.7 Å². The Balaban J connectivity index is 1.35. The lowest BCUT2D eigenvalue weighted by Gasteiger charge is -2.22. The maximum atomic E-state index is 12.1. The number of hydrogen-bond acceptors (Lipinski definition) is 5. The fourth-order valence-electron chi connectivity index (χ4n) is 3.96. The molecule has 0 saturated heterocycles. The Morgan fingerprint density at radius 1 is 1.29 bits per heavy atom. The van der Waals surface area contributed by atoms with E-state index in [-0.39, 0.29) is 5.91 Å². The van der Waals surface area contributed by atoms with Gasteiger partial charge in [0.05, 0.1) is 11.8 Å². The molecule has 1 heterocycles. The zero-order valence-corrected chi connectivity index (χ0v) is 14.5. The first-order chi connectivity index (χ1) is 11.7. The average Bonchev–Trinajstić information content (AvgIpc) is 3.31. The summed E-state index contributed by atoms with van der Waals surface area (Å²) in [5, 5.41) is 15.8. The summed E-state index contributed by atoms with van der Waals surface area (Å²) in [6.45, 7) is 2.02. The zero-order chi connectivity index (χ0) is 16.5. The predicted molar refractivity (Wildman–Crippen MR) is 92.8 cm³/mol. The topological polar surface area (TPSA) is 72.7 Å². The van der Waals surface area contributed by atoms with Crippen LogP contribution in [0.15, 0.2) is 29.4 Å². The van der Waals surface area contributed by atoms with Crippen molar-refractivity contribution in [2.75, 3.05) is 11.1 Å². The van der Waals surface area contributed by atoms with Crippen LogP contribution < -0.4 is 5.32 Å². The summed E-state index contributed by atoms with van der Waals surface area (Å²) in [6.07, 6.45) is 5.12. The van der Waals surface area contributed by atoms with E-state index in [4.69, 9.17) is 0 Å². The van der Waals surface area contributed by atoms with Gasteiger partial charge in [-0.1, -0.05) is 35.9 Å². The second-order valence-corrected chi connectivity index (χ2v) is 7.79. The molecule has 1 aromatic heterocycles. The van der Waals surface area contributed by atoms with Crippen molar-refractivity contribution >= 4 is 23.4 Å². The molecule has 4 rings (SSSR count). The van der Waals surface area contributed by atoms with Crippen molar-refractivity contribution in [3.8, 4) is 0 Å². The maximum Gasteiger partial charge on any atom is 0.234 e. The summed E-state index contributed by atoms with van der Waals surface area (Å²) < 4.78 is 1.95. The first-order valence-electron chi connectivity index (χ1n) is 8.46. The molecule has 2 aliphatic rings. The van der Waals surface area contributed by atoms with Crippen molar-refractivity contribution in [2.24, 2.45) is 11.8 Å². The fourth-order valence-corrected chi connectivity index (χ4v) is 4.69. The predicted octanol–water partition coefficient (Wildman–Crippen LogP) is 3.07. The number of fused-ring (bicyclic) bond motifs is 2. The summed E-state index contributed by atoms with van der Waals surface area (Å²) in [5.74, 6) is 1.83. The number of carbonyl (C=O) groups is 1. The molecular formula is C17H21N5OS. The number of carbonyl (C=O) groups excluding carboxylic acids is 1. The first kappa shape index (κ1) is 15.6. The molecule has 7 heteroatoms. The minimum Gasteiger partial charge on any atom is -0.325 e. The second kappa shape index (κ2) is 6.55. The molecule has 1 aromatic carbocycles. The molecule has 0 unspecified atom stereocenters. The molecule has 2 saturated carbocycles. The number of nitrogens with zero attached hydrogens (tertiary/aromatic N) is 4. The van der Waals surface area contributed by atoms with Crippen LogP contribution in [-0.4, -0.2) is 31.9 Å². The monoisotopic (exact) mass is 343 g/mol. The fraction of sp³-hybridized carbons (Fsp3) is 0.529. The Labute approximate surface area is 145 Å². The number of benzene rings is 1. The Hall–Kier alpha value is -1.89. The molecule has 6 nitrogen and oxygen atoms in total. The summed E-state index contributed by atoms with van der Waals surface area (Å²) >= 11 is 1.41. The number of rotatable bonds is 5. The van der Waals surface area contributed by atoms with Gasteiger partial charge in [0.15, 0.2) is 0 Å². The first-order valence-corrected chi connectivity index (χ1v) is 9.45. The Bertz CT molecular complexity index is 729. The van der Waals surface area contributed by atoms with Crippen molar-refractivity contribution in [2.45, 2.75) is 43.8 Å². The third-order valence-corrected chi connectivity index (χ3v) is 6.08. The van der Waals surface area contributed by atoms with E-state index in [1.807, 2.05) is 35.9 Å². The van der Waals surface area contributed by atoms with Crippen molar-refractivity contribution in [1.82, 2.24) is 20.2 Å². The van der Waals surface area contributed by atoms with Gasteiger partial charge in [0, 0.05) is 5.69 Å². The van der Waals surface area contributed by atoms with Crippen LogP contribution in [0.3, 0.4) is 0 Å². The highest BCUT2D eigenvalue weighted by molar-refractivity contribution is 7.99. The molecule has 24 heavy (non-hydrogen) atoms. The molecule has 1 N–H and O–H groups in total. The average molecular weight is 343 g/mol. The standard InChI is InChI=1S/C17H21N5OS/c1-11-2-6-14(7-3-11)18-16(23)10-24-17-19-20-21-22(17)15-9-12-4-5-13(15)8-12/h2-3,6-7,12-13,15H,4-5,8-10H2,1H3,(H,18,23)/t12-,13-,15+/m1/s1. The van der Waals surface area contributed by atoms with Crippen LogP contribution in [0.4, 0.5) is 5.69 Å². The van der Waals surface area contributed by atoms with Crippen LogP contribution in [-0.2, 0) is 4.79 Å². The molecule has 0 aliphatic heterocycles. The number of aromatic nitrogens is 4. The van der Waals surface area contributed by atoms with Crippen LogP contribution >= 0.6 is 11.8 Å². The van der Waals surface area contributed by atoms with Gasteiger partial charge >= 0.3 is 0 Å². The molecule has 2 aromatic rings. The molecule has 2 aliphatic carbocycles. The lowest BCUT2D eigenvalue weighted by molar-refractivity contribution is -0.113. The summed E-state index contributed by atoms with van der Waals surface area (Å²) in [5.41, 5.74) is 1.99. The third kappa shape index (κ3) is 3.17. The highest BCUT2D eigenvalue weighted by atomic mass is 32.2. The minimum absolute atomic E-state index is 0.0358. The lowest BCUT2D eigenvalue weighted by Crippen LogP contribution is -2.19. The second-order valence-electron chi connectivity index (χ2n) is 6.85. The van der Waals surface area contributed by atoms with E-state index in [9.17, 15) is 4.79 Å². The molecule has 2 bridgehead atoms. The van der Waals surface area contributed by atoms with Crippen molar-refractivity contribution < 1.29 is 4.79 Å². The van der Waals surface area contributed by atoms with Gasteiger partial charge < -0.3 is 5.32 Å². The molecule has 3 atom stereocenters. The van der Waals surface area contributed by atoms with Crippen LogP contribution in [0.1, 0.15) is 37.3 Å². The number of thioether (sulfide) groups is 1. The van der Waals surface area contributed by atoms with Crippen molar-refractivity contribution in [3.63, 3.8) is 0 Å². The van der Waals surface area contributed by atoms with Gasteiger partial charge in [-0.3, -0.25) is 4.79 Å². The number of nitrogens with one attached hydrogen (secondary N) is 1. The minimum atomic E-state index is -0.0358. The zero-order valence-electron chi connectivity index (χ0n) is 13.7. The van der Waals surface area contributed by atoms with Crippen LogP contribution in [0.5, 0.6) is 0 Å². The van der Waals surface area contributed by atoms with Crippen LogP contribution in [0.25, 0.3) is 0 Å². The highest BCUT2D eigenvalue weighted by Gasteiger charge is 2.42. The molecule has 0 radical (unpaired) electrons. The van der Waals surface area contributed by atoms with Gasteiger partial charge in [-0.2, -0.15) is 0 Å². The number of amides is 1. The van der Waals surface area contributed by atoms with Crippen molar-refractivity contribution in [3.05, 3.63) is 29.8 Å². The smallest absolute Gasteiger partial charge is 0.234 e. The number of tetrazole rings is 1. The maximum absolute atomic E-state index is 12.1. The quantitative estimate of drug-likeness (QED) is 0.845. The van der Waals surface area contributed by atoms with Gasteiger partial charge in [0.2, 0.25) is 11.1 Å². The van der Waals surface area contributed by atoms with Crippen molar-refractivity contribution in [1.29, 1.82) is 0 Å². The number of aryl methyl sites for hydroxylation is 1. The third-order valence-electron chi connectivity index (χ3n) is 5.15. The summed E-state index contributed by atoms with van der Waals surface area (Å²) in [7, 11) is 0. The van der Waals surface area contributed by atoms with Gasteiger partial charge in [-0.05, 0) is 60.6 Å². The number of anilines is 1. The summed E-state index contributed by atoms with van der Waals surface area (Å²) in [4.78, 5) is 12.1.